The molecule has 0 atom stereocenters. The Labute approximate surface area is 153 Å². The molecule has 1 amide bonds. The second-order valence-electron chi connectivity index (χ2n) is 6.68. The first-order chi connectivity index (χ1) is 12.4. The summed E-state index contributed by atoms with van der Waals surface area (Å²) in [5, 5.41) is 2.93. The van der Waals surface area contributed by atoms with Crippen LogP contribution in [0.15, 0.2) is 0 Å². The Kier molecular flexibility index (Phi) is 7.24. The Hall–Kier alpha value is -2.31. The Morgan fingerprint density at radius 2 is 1.69 bits per heavy atom. The standard InChI is InChI=1S/C19H28N2O5/c1-4-25-18(23)16-12(2)17(20-13(16)3)19(24)26-11-15(22)21-14-9-7-5-6-8-10-14/h14,20H,4-11H2,1-3H3,(H,21,22). The molecule has 144 valence electrons. The monoisotopic (exact) mass is 364 g/mol. The van der Waals surface area contributed by atoms with E-state index in [1.54, 1.807) is 20.8 Å². The highest BCUT2D eigenvalue weighted by Gasteiger charge is 2.24. The van der Waals surface area contributed by atoms with Crippen molar-refractivity contribution in [2.24, 2.45) is 0 Å². The Morgan fingerprint density at radius 1 is 1.04 bits per heavy atom. The highest BCUT2D eigenvalue weighted by molar-refractivity contribution is 5.99. The number of ether oxygens (including phenoxy) is 2. The maximum atomic E-state index is 12.3. The Bertz CT molecular complexity index is 657. The average Bonchev–Trinajstić information content (AvgIpc) is 2.77. The number of rotatable bonds is 6. The molecule has 1 aromatic heterocycles. The number of amides is 1. The molecule has 26 heavy (non-hydrogen) atoms. The van der Waals surface area contributed by atoms with Crippen molar-refractivity contribution in [3.8, 4) is 0 Å². The number of aromatic amines is 1. The van der Waals surface area contributed by atoms with Crippen LogP contribution in [-0.4, -0.2) is 42.1 Å². The van der Waals surface area contributed by atoms with Gasteiger partial charge in [0.1, 0.15) is 5.69 Å². The number of aromatic nitrogens is 1. The van der Waals surface area contributed by atoms with Crippen molar-refractivity contribution in [3.05, 3.63) is 22.5 Å². The van der Waals surface area contributed by atoms with Crippen LogP contribution in [0.2, 0.25) is 0 Å². The van der Waals surface area contributed by atoms with Crippen LogP contribution >= 0.6 is 0 Å². The molecule has 7 heteroatoms. The summed E-state index contributed by atoms with van der Waals surface area (Å²) in [6.45, 7) is 4.98. The van der Waals surface area contributed by atoms with E-state index < -0.39 is 11.9 Å². The fourth-order valence-corrected chi connectivity index (χ4v) is 3.36. The van der Waals surface area contributed by atoms with Gasteiger partial charge in [0, 0.05) is 11.7 Å². The number of esters is 2. The second kappa shape index (κ2) is 9.40. The zero-order valence-electron chi connectivity index (χ0n) is 15.8. The van der Waals surface area contributed by atoms with Gasteiger partial charge in [-0.3, -0.25) is 4.79 Å². The van der Waals surface area contributed by atoms with Gasteiger partial charge in [0.05, 0.1) is 12.2 Å². The van der Waals surface area contributed by atoms with Gasteiger partial charge in [0.15, 0.2) is 6.61 Å². The highest BCUT2D eigenvalue weighted by atomic mass is 16.5. The lowest BCUT2D eigenvalue weighted by molar-refractivity contribution is -0.125. The van der Waals surface area contributed by atoms with Gasteiger partial charge in [0.25, 0.3) is 5.91 Å². The van der Waals surface area contributed by atoms with Gasteiger partial charge in [-0.15, -0.1) is 0 Å². The summed E-state index contributed by atoms with van der Waals surface area (Å²) < 4.78 is 10.1. The van der Waals surface area contributed by atoms with E-state index in [1.165, 1.54) is 12.8 Å². The maximum absolute atomic E-state index is 12.3. The number of hydrogen-bond donors (Lipinski definition) is 2. The van der Waals surface area contributed by atoms with Crippen LogP contribution in [0.1, 0.15) is 77.6 Å². The summed E-state index contributed by atoms with van der Waals surface area (Å²) >= 11 is 0. The average molecular weight is 364 g/mol. The first-order valence-electron chi connectivity index (χ1n) is 9.26. The molecule has 0 saturated heterocycles. The number of carbonyl (C=O) groups excluding carboxylic acids is 3. The van der Waals surface area contributed by atoms with Gasteiger partial charge in [-0.1, -0.05) is 25.7 Å². The molecular weight excluding hydrogens is 336 g/mol. The SMILES string of the molecule is CCOC(=O)c1c(C)[nH]c(C(=O)OCC(=O)NC2CCCCCC2)c1C. The van der Waals surface area contributed by atoms with Gasteiger partial charge in [0.2, 0.25) is 0 Å². The smallest absolute Gasteiger partial charge is 0.355 e. The predicted molar refractivity (Wildman–Crippen MR) is 96.1 cm³/mol. The number of hydrogen-bond acceptors (Lipinski definition) is 5. The predicted octanol–water partition coefficient (Wildman–Crippen LogP) is 2.80. The quantitative estimate of drug-likeness (QED) is 0.597. The van der Waals surface area contributed by atoms with Crippen molar-refractivity contribution in [2.75, 3.05) is 13.2 Å². The summed E-state index contributed by atoms with van der Waals surface area (Å²) in [4.78, 5) is 39.2. The largest absolute Gasteiger partial charge is 0.462 e. The molecule has 1 heterocycles. The van der Waals surface area contributed by atoms with Crippen LogP contribution < -0.4 is 5.32 Å². The van der Waals surface area contributed by atoms with E-state index in [9.17, 15) is 14.4 Å². The molecule has 0 spiro atoms. The van der Waals surface area contributed by atoms with Gasteiger partial charge in [-0.25, -0.2) is 9.59 Å². The molecule has 0 bridgehead atoms. The molecule has 0 aliphatic heterocycles. The van der Waals surface area contributed by atoms with Gasteiger partial charge < -0.3 is 19.8 Å². The molecule has 1 aliphatic rings. The van der Waals surface area contributed by atoms with Crippen LogP contribution in [0.5, 0.6) is 0 Å². The molecule has 1 saturated carbocycles. The zero-order chi connectivity index (χ0) is 19.1. The van der Waals surface area contributed by atoms with Crippen molar-refractivity contribution in [1.29, 1.82) is 0 Å². The highest BCUT2D eigenvalue weighted by Crippen LogP contribution is 2.20. The van der Waals surface area contributed by atoms with Crippen LogP contribution in [0.25, 0.3) is 0 Å². The second-order valence-corrected chi connectivity index (χ2v) is 6.68. The van der Waals surface area contributed by atoms with Crippen molar-refractivity contribution in [3.63, 3.8) is 0 Å². The Balaban J connectivity index is 1.92. The summed E-state index contributed by atoms with van der Waals surface area (Å²) in [6, 6.07) is 0.161. The topological polar surface area (TPSA) is 97.5 Å². The van der Waals surface area contributed by atoms with E-state index >= 15 is 0 Å². The summed E-state index contributed by atoms with van der Waals surface area (Å²) in [7, 11) is 0. The van der Waals surface area contributed by atoms with E-state index in [2.05, 4.69) is 10.3 Å². The molecule has 2 N–H and O–H groups in total. The molecule has 0 radical (unpaired) electrons. The molecule has 2 rings (SSSR count). The normalized spacial score (nSPS) is 15.2. The third-order valence-electron chi connectivity index (χ3n) is 4.68. The molecule has 7 nitrogen and oxygen atoms in total. The van der Waals surface area contributed by atoms with Crippen molar-refractivity contribution < 1.29 is 23.9 Å². The van der Waals surface area contributed by atoms with Gasteiger partial charge in [-0.05, 0) is 39.2 Å². The van der Waals surface area contributed by atoms with Crippen molar-refractivity contribution >= 4 is 17.8 Å². The zero-order valence-corrected chi connectivity index (χ0v) is 15.8. The number of carbonyl (C=O) groups is 3. The van der Waals surface area contributed by atoms with Crippen LogP contribution in [0, 0.1) is 13.8 Å². The first-order valence-corrected chi connectivity index (χ1v) is 9.26. The van der Waals surface area contributed by atoms with Crippen molar-refractivity contribution in [2.45, 2.75) is 65.3 Å². The molecule has 1 aliphatic carbocycles. The van der Waals surface area contributed by atoms with Crippen molar-refractivity contribution in [1.82, 2.24) is 10.3 Å². The molecular formula is C19H28N2O5. The minimum absolute atomic E-state index is 0.161. The fraction of sp³-hybridized carbons (Fsp3) is 0.632. The lowest BCUT2D eigenvalue weighted by Crippen LogP contribution is -2.37. The van der Waals surface area contributed by atoms with Crippen LogP contribution in [-0.2, 0) is 14.3 Å². The van der Waals surface area contributed by atoms with E-state index in [0.29, 0.717) is 16.8 Å². The minimum Gasteiger partial charge on any atom is -0.462 e. The van der Waals surface area contributed by atoms with Gasteiger partial charge in [-0.2, -0.15) is 0 Å². The summed E-state index contributed by atoms with van der Waals surface area (Å²) in [5.74, 6) is -1.43. The van der Waals surface area contributed by atoms with E-state index in [0.717, 1.165) is 25.7 Å². The lowest BCUT2D eigenvalue weighted by Gasteiger charge is -2.16. The lowest BCUT2D eigenvalue weighted by atomic mass is 10.1. The third kappa shape index (κ3) is 5.09. The van der Waals surface area contributed by atoms with Crippen LogP contribution in [0.4, 0.5) is 0 Å². The molecule has 0 unspecified atom stereocenters. The summed E-state index contributed by atoms with van der Waals surface area (Å²) in [5.41, 5.74) is 1.51. The Morgan fingerprint density at radius 3 is 2.31 bits per heavy atom. The van der Waals surface area contributed by atoms with Crippen LogP contribution in [0.3, 0.4) is 0 Å². The van der Waals surface area contributed by atoms with E-state index in [-0.39, 0.29) is 30.9 Å². The number of H-pyrrole nitrogens is 1. The third-order valence-corrected chi connectivity index (χ3v) is 4.68. The molecule has 0 aromatic carbocycles. The van der Waals surface area contributed by atoms with E-state index in [4.69, 9.17) is 9.47 Å². The molecule has 1 fully saturated rings. The first kappa shape index (κ1) is 20.0. The molecule has 1 aromatic rings. The maximum Gasteiger partial charge on any atom is 0.355 e. The number of aryl methyl sites for hydroxylation is 1. The fourth-order valence-electron chi connectivity index (χ4n) is 3.36. The minimum atomic E-state index is -0.655. The van der Waals surface area contributed by atoms with E-state index in [1.807, 2.05) is 0 Å². The summed E-state index contributed by atoms with van der Waals surface area (Å²) in [6.07, 6.45) is 6.57. The van der Waals surface area contributed by atoms with Gasteiger partial charge >= 0.3 is 11.9 Å². The number of nitrogens with one attached hydrogen (secondary N) is 2.